The maximum absolute atomic E-state index is 12.8. The maximum atomic E-state index is 12.8. The van der Waals surface area contributed by atoms with Gasteiger partial charge in [0.15, 0.2) is 11.3 Å². The van der Waals surface area contributed by atoms with Gasteiger partial charge >= 0.3 is 0 Å². The highest BCUT2D eigenvalue weighted by Crippen LogP contribution is 2.12. The molecule has 0 fully saturated rings. The van der Waals surface area contributed by atoms with Crippen molar-refractivity contribution >= 4 is 23.4 Å². The largest absolute Gasteiger partial charge is 0.380 e. The van der Waals surface area contributed by atoms with Crippen molar-refractivity contribution in [3.63, 3.8) is 0 Å². The van der Waals surface area contributed by atoms with Crippen LogP contribution in [-0.4, -0.2) is 20.7 Å². The van der Waals surface area contributed by atoms with E-state index in [0.717, 1.165) is 4.68 Å². The number of nitrogens with zero attached hydrogens (tertiary/aromatic N) is 3. The summed E-state index contributed by atoms with van der Waals surface area (Å²) in [4.78, 5) is 15.1. The molecule has 1 aromatic carbocycles. The van der Waals surface area contributed by atoms with E-state index in [2.05, 4.69) is 15.4 Å². The smallest absolute Gasteiger partial charge is 0.247 e. The molecule has 1 heterocycles. The third kappa shape index (κ3) is 2.73. The van der Waals surface area contributed by atoms with E-state index in [1.807, 2.05) is 0 Å². The predicted molar refractivity (Wildman–Crippen MR) is 66.3 cm³/mol. The molecule has 19 heavy (non-hydrogen) atoms. The first-order chi connectivity index (χ1) is 8.97. The zero-order valence-corrected chi connectivity index (χ0v) is 10.0. The molecule has 4 N–H and O–H groups in total. The number of benzene rings is 1. The fourth-order valence-corrected chi connectivity index (χ4v) is 1.39. The normalized spacial score (nSPS) is 10.2. The zero-order chi connectivity index (χ0) is 14.0. The highest BCUT2D eigenvalue weighted by molar-refractivity contribution is 5.75. The molecule has 0 spiro atoms. The van der Waals surface area contributed by atoms with Gasteiger partial charge in [0.25, 0.3) is 0 Å². The van der Waals surface area contributed by atoms with Gasteiger partial charge in [-0.15, -0.1) is 5.10 Å². The Labute approximate surface area is 107 Å². The SMILES string of the molecule is CC(=O)n1nc(Nc2ccc(F)cc2)nc(N)c1=N. The first-order valence-electron chi connectivity index (χ1n) is 5.32. The van der Waals surface area contributed by atoms with Crippen molar-refractivity contribution in [3.8, 4) is 0 Å². The van der Waals surface area contributed by atoms with Gasteiger partial charge in [0.2, 0.25) is 11.9 Å². The monoisotopic (exact) mass is 262 g/mol. The lowest BCUT2D eigenvalue weighted by molar-refractivity contribution is 0.0913. The van der Waals surface area contributed by atoms with Crippen LogP contribution in [0.4, 0.5) is 21.8 Å². The van der Waals surface area contributed by atoms with Gasteiger partial charge in [0, 0.05) is 12.6 Å². The van der Waals surface area contributed by atoms with E-state index in [0.29, 0.717) is 5.69 Å². The number of nitrogens with one attached hydrogen (secondary N) is 2. The summed E-state index contributed by atoms with van der Waals surface area (Å²) >= 11 is 0. The molecule has 2 aromatic rings. The Hall–Kier alpha value is -2.77. The minimum Gasteiger partial charge on any atom is -0.380 e. The molecule has 0 radical (unpaired) electrons. The fourth-order valence-electron chi connectivity index (χ4n) is 1.39. The number of hydrogen-bond donors (Lipinski definition) is 3. The molecule has 0 bridgehead atoms. The molecule has 0 unspecified atom stereocenters. The van der Waals surface area contributed by atoms with E-state index in [4.69, 9.17) is 11.1 Å². The van der Waals surface area contributed by atoms with Gasteiger partial charge in [-0.25, -0.2) is 4.39 Å². The van der Waals surface area contributed by atoms with Gasteiger partial charge in [-0.3, -0.25) is 10.2 Å². The summed E-state index contributed by atoms with van der Waals surface area (Å²) in [5.41, 5.74) is 5.78. The number of anilines is 3. The Bertz CT molecular complexity index is 679. The van der Waals surface area contributed by atoms with Crippen molar-refractivity contribution in [2.75, 3.05) is 11.1 Å². The van der Waals surface area contributed by atoms with Crippen molar-refractivity contribution in [2.45, 2.75) is 6.92 Å². The molecule has 0 saturated carbocycles. The van der Waals surface area contributed by atoms with Crippen LogP contribution in [0, 0.1) is 11.2 Å². The minimum absolute atomic E-state index is 0.0512. The molecule has 0 aliphatic carbocycles. The van der Waals surface area contributed by atoms with E-state index >= 15 is 0 Å². The summed E-state index contributed by atoms with van der Waals surface area (Å²) in [6.07, 6.45) is 0. The summed E-state index contributed by atoms with van der Waals surface area (Å²) in [5.74, 6) is -0.905. The molecular weight excluding hydrogens is 251 g/mol. The van der Waals surface area contributed by atoms with Crippen LogP contribution in [-0.2, 0) is 0 Å². The average Bonchev–Trinajstić information content (AvgIpc) is 2.36. The highest BCUT2D eigenvalue weighted by atomic mass is 19.1. The predicted octanol–water partition coefficient (Wildman–Crippen LogP) is 0.883. The summed E-state index contributed by atoms with van der Waals surface area (Å²) in [5, 5.41) is 14.1. The first kappa shape index (κ1) is 12.7. The average molecular weight is 262 g/mol. The van der Waals surface area contributed by atoms with Crippen LogP contribution >= 0.6 is 0 Å². The van der Waals surface area contributed by atoms with Gasteiger partial charge in [-0.2, -0.15) is 9.67 Å². The summed E-state index contributed by atoms with van der Waals surface area (Å²) in [6, 6.07) is 5.51. The lowest BCUT2D eigenvalue weighted by Gasteiger charge is -2.08. The number of nitrogen functional groups attached to an aromatic ring is 1. The van der Waals surface area contributed by atoms with Crippen molar-refractivity contribution in [1.82, 2.24) is 14.8 Å². The van der Waals surface area contributed by atoms with Crippen LogP contribution in [0.25, 0.3) is 0 Å². The number of aromatic nitrogens is 3. The summed E-state index contributed by atoms with van der Waals surface area (Å²) in [6.45, 7) is 1.26. The number of halogens is 1. The van der Waals surface area contributed by atoms with E-state index in [1.54, 1.807) is 0 Å². The van der Waals surface area contributed by atoms with Crippen LogP contribution in [0.15, 0.2) is 24.3 Å². The number of hydrogen-bond acceptors (Lipinski definition) is 6. The molecule has 2 rings (SSSR count). The van der Waals surface area contributed by atoms with Crippen LogP contribution in [0.1, 0.15) is 11.7 Å². The number of carbonyl (C=O) groups is 1. The number of rotatable bonds is 2. The molecule has 8 heteroatoms. The number of nitrogens with two attached hydrogens (primary N) is 1. The number of carbonyl (C=O) groups excluding carboxylic acids is 1. The Morgan fingerprint density at radius 2 is 2.05 bits per heavy atom. The molecule has 0 aliphatic heterocycles. The molecular formula is C11H11FN6O. The molecule has 1 aromatic heterocycles. The van der Waals surface area contributed by atoms with E-state index in [9.17, 15) is 9.18 Å². The van der Waals surface area contributed by atoms with E-state index in [1.165, 1.54) is 31.2 Å². The minimum atomic E-state index is -0.457. The second kappa shape index (κ2) is 4.84. The third-order valence-electron chi connectivity index (χ3n) is 2.27. The Morgan fingerprint density at radius 1 is 1.42 bits per heavy atom. The first-order valence-corrected chi connectivity index (χ1v) is 5.32. The van der Waals surface area contributed by atoms with E-state index in [-0.39, 0.29) is 23.1 Å². The van der Waals surface area contributed by atoms with Crippen molar-refractivity contribution in [3.05, 3.63) is 35.6 Å². The van der Waals surface area contributed by atoms with Gasteiger partial charge < -0.3 is 11.1 Å². The summed E-state index contributed by atoms with van der Waals surface area (Å²) in [7, 11) is 0. The molecule has 0 atom stereocenters. The van der Waals surface area contributed by atoms with E-state index < -0.39 is 5.91 Å². The maximum Gasteiger partial charge on any atom is 0.247 e. The second-order valence-electron chi connectivity index (χ2n) is 3.73. The standard InChI is InChI=1S/C11H11FN6O/c1-6(19)18-10(14)9(13)16-11(17-18)15-8-4-2-7(12)3-5-8/h2-5,14H,1H3,(H3,13,15,16,17). The molecule has 0 aliphatic rings. The second-order valence-corrected chi connectivity index (χ2v) is 3.73. The molecule has 98 valence electrons. The van der Waals surface area contributed by atoms with Crippen molar-refractivity contribution in [2.24, 2.45) is 0 Å². The zero-order valence-electron chi connectivity index (χ0n) is 10.0. The van der Waals surface area contributed by atoms with Crippen LogP contribution < -0.4 is 16.5 Å². The lowest BCUT2D eigenvalue weighted by Crippen LogP contribution is -2.31. The van der Waals surface area contributed by atoms with Crippen molar-refractivity contribution in [1.29, 1.82) is 5.41 Å². The quantitative estimate of drug-likeness (QED) is 0.744. The lowest BCUT2D eigenvalue weighted by atomic mass is 10.3. The molecule has 7 nitrogen and oxygen atoms in total. The van der Waals surface area contributed by atoms with Gasteiger partial charge in [0.05, 0.1) is 0 Å². The van der Waals surface area contributed by atoms with Crippen LogP contribution in [0.5, 0.6) is 0 Å². The van der Waals surface area contributed by atoms with Crippen molar-refractivity contribution < 1.29 is 9.18 Å². The van der Waals surface area contributed by atoms with Crippen LogP contribution in [0.3, 0.4) is 0 Å². The van der Waals surface area contributed by atoms with Gasteiger partial charge in [-0.05, 0) is 24.3 Å². The third-order valence-corrected chi connectivity index (χ3v) is 2.27. The van der Waals surface area contributed by atoms with Gasteiger partial charge in [0.1, 0.15) is 5.82 Å². The highest BCUT2D eigenvalue weighted by Gasteiger charge is 2.08. The summed E-state index contributed by atoms with van der Waals surface area (Å²) < 4.78 is 13.6. The fraction of sp³-hybridized carbons (Fsp3) is 0.0909. The Morgan fingerprint density at radius 3 is 2.63 bits per heavy atom. The van der Waals surface area contributed by atoms with Gasteiger partial charge in [-0.1, -0.05) is 0 Å². The molecule has 0 amide bonds. The van der Waals surface area contributed by atoms with Crippen LogP contribution in [0.2, 0.25) is 0 Å². The topological polar surface area (TPSA) is 110 Å². The Kier molecular flexibility index (Phi) is 3.23. The Balaban J connectivity index is 2.38. The molecule has 0 saturated heterocycles.